The number of carbonyl (C=O) groups excluding carboxylic acids is 1. The number of amides is 1. The van der Waals surface area contributed by atoms with Crippen LogP contribution in [0.5, 0.6) is 5.75 Å². The van der Waals surface area contributed by atoms with Crippen LogP contribution in [0.15, 0.2) is 40.6 Å². The minimum absolute atomic E-state index is 0.0945. The van der Waals surface area contributed by atoms with Gasteiger partial charge in [-0.15, -0.1) is 0 Å². The van der Waals surface area contributed by atoms with Crippen molar-refractivity contribution in [1.82, 2.24) is 5.01 Å². The van der Waals surface area contributed by atoms with Crippen LogP contribution in [-0.2, 0) is 4.79 Å². The molecule has 0 saturated heterocycles. The van der Waals surface area contributed by atoms with Gasteiger partial charge in [-0.1, -0.05) is 23.4 Å². The van der Waals surface area contributed by atoms with Gasteiger partial charge in [-0.3, -0.25) is 4.79 Å². The molecule has 0 fully saturated rings. The van der Waals surface area contributed by atoms with Gasteiger partial charge in [0.15, 0.2) is 5.75 Å². The van der Waals surface area contributed by atoms with Crippen molar-refractivity contribution in [3.63, 3.8) is 0 Å². The third-order valence-corrected chi connectivity index (χ3v) is 2.46. The Hall–Kier alpha value is -2.17. The van der Waals surface area contributed by atoms with Crippen LogP contribution in [0.25, 0.3) is 0 Å². The van der Waals surface area contributed by atoms with Crippen LogP contribution in [0.2, 0.25) is 0 Å². The Bertz CT molecular complexity index is 468. The smallest absolute Gasteiger partial charge is 0.256 e. The van der Waals surface area contributed by atoms with Gasteiger partial charge in [0, 0.05) is 13.3 Å². The number of hydrogen-bond acceptors (Lipinski definition) is 4. The first-order chi connectivity index (χ1) is 8.18. The van der Waals surface area contributed by atoms with Crippen LogP contribution in [0.3, 0.4) is 0 Å². The van der Waals surface area contributed by atoms with Gasteiger partial charge < -0.3 is 4.84 Å². The molecule has 1 aromatic rings. The van der Waals surface area contributed by atoms with E-state index in [0.717, 1.165) is 0 Å². The maximum absolute atomic E-state index is 11.6. The normalized spacial score (nSPS) is 19.9. The number of hydrazone groups is 1. The van der Waals surface area contributed by atoms with Crippen molar-refractivity contribution in [1.29, 1.82) is 0 Å². The predicted molar refractivity (Wildman–Crippen MR) is 64.9 cm³/mol. The standard InChI is InChI=1S/C12H13N3O2/c1-9(11-8-13-15(2)12(11)16)14-17-10-6-4-3-5-7-10/h3-8,11H,1-2H3. The van der Waals surface area contributed by atoms with E-state index in [-0.39, 0.29) is 5.91 Å². The van der Waals surface area contributed by atoms with Gasteiger partial charge in [0.2, 0.25) is 0 Å². The molecule has 1 aliphatic rings. The van der Waals surface area contributed by atoms with Crippen LogP contribution >= 0.6 is 0 Å². The van der Waals surface area contributed by atoms with Gasteiger partial charge >= 0.3 is 0 Å². The van der Waals surface area contributed by atoms with Crippen molar-refractivity contribution < 1.29 is 9.63 Å². The number of para-hydroxylation sites is 1. The molecule has 0 saturated carbocycles. The van der Waals surface area contributed by atoms with Crippen molar-refractivity contribution in [3.8, 4) is 5.75 Å². The summed E-state index contributed by atoms with van der Waals surface area (Å²) in [5.74, 6) is 0.134. The van der Waals surface area contributed by atoms with Crippen LogP contribution in [0.1, 0.15) is 6.92 Å². The van der Waals surface area contributed by atoms with E-state index in [1.54, 1.807) is 32.3 Å². The third kappa shape index (κ3) is 2.50. The molecule has 1 aliphatic heterocycles. The molecule has 0 aliphatic carbocycles. The second kappa shape index (κ2) is 4.78. The molecular formula is C12H13N3O2. The van der Waals surface area contributed by atoms with E-state index in [2.05, 4.69) is 10.3 Å². The van der Waals surface area contributed by atoms with Gasteiger partial charge in [0.1, 0.15) is 5.92 Å². The average molecular weight is 231 g/mol. The average Bonchev–Trinajstić information content (AvgIpc) is 2.69. The monoisotopic (exact) mass is 231 g/mol. The molecule has 0 spiro atoms. The topological polar surface area (TPSA) is 54.3 Å². The fraction of sp³-hybridized carbons (Fsp3) is 0.250. The molecule has 17 heavy (non-hydrogen) atoms. The van der Waals surface area contributed by atoms with E-state index < -0.39 is 5.92 Å². The van der Waals surface area contributed by atoms with Gasteiger partial charge in [0.25, 0.3) is 5.91 Å². The van der Waals surface area contributed by atoms with E-state index in [9.17, 15) is 4.79 Å². The Kier molecular flexibility index (Phi) is 3.18. The van der Waals surface area contributed by atoms with Crippen molar-refractivity contribution in [2.45, 2.75) is 6.92 Å². The van der Waals surface area contributed by atoms with Crippen molar-refractivity contribution in [2.24, 2.45) is 16.2 Å². The molecule has 0 N–H and O–H groups in total. The summed E-state index contributed by atoms with van der Waals surface area (Å²) in [5.41, 5.74) is 0.590. The lowest BCUT2D eigenvalue weighted by atomic mass is 10.1. The lowest BCUT2D eigenvalue weighted by Gasteiger charge is -2.07. The molecule has 1 amide bonds. The van der Waals surface area contributed by atoms with Gasteiger partial charge in [0.05, 0.1) is 5.71 Å². The molecule has 1 unspecified atom stereocenters. The largest absolute Gasteiger partial charge is 0.357 e. The molecule has 1 aromatic carbocycles. The summed E-state index contributed by atoms with van der Waals surface area (Å²) in [4.78, 5) is 16.8. The number of hydrogen-bond donors (Lipinski definition) is 0. The van der Waals surface area contributed by atoms with Crippen molar-refractivity contribution >= 4 is 17.8 Å². The molecule has 0 radical (unpaired) electrons. The second-order valence-electron chi connectivity index (χ2n) is 3.74. The molecule has 0 bridgehead atoms. The first-order valence-corrected chi connectivity index (χ1v) is 5.26. The van der Waals surface area contributed by atoms with E-state index in [4.69, 9.17) is 4.84 Å². The van der Waals surface area contributed by atoms with Gasteiger partial charge in [-0.25, -0.2) is 5.01 Å². The molecule has 1 atom stereocenters. The van der Waals surface area contributed by atoms with E-state index in [0.29, 0.717) is 11.5 Å². The maximum Gasteiger partial charge on any atom is 0.256 e. The number of benzene rings is 1. The zero-order chi connectivity index (χ0) is 12.3. The lowest BCUT2D eigenvalue weighted by Crippen LogP contribution is -2.27. The molecule has 5 nitrogen and oxygen atoms in total. The van der Waals surface area contributed by atoms with E-state index in [1.807, 2.05) is 18.2 Å². The number of oxime groups is 1. The summed E-state index contributed by atoms with van der Waals surface area (Å²) in [6, 6.07) is 9.21. The summed E-state index contributed by atoms with van der Waals surface area (Å²) < 4.78 is 0. The SMILES string of the molecule is CC(=NOc1ccccc1)C1C=NN(C)C1=O. The first kappa shape index (κ1) is 11.3. The van der Waals surface area contributed by atoms with E-state index >= 15 is 0 Å². The number of carbonyl (C=O) groups is 1. The lowest BCUT2D eigenvalue weighted by molar-refractivity contribution is -0.128. The molecule has 0 aromatic heterocycles. The Morgan fingerprint density at radius 3 is 2.71 bits per heavy atom. The Morgan fingerprint density at radius 1 is 1.41 bits per heavy atom. The minimum atomic E-state index is -0.413. The predicted octanol–water partition coefficient (Wildman–Crippen LogP) is 1.52. The molecule has 88 valence electrons. The molecular weight excluding hydrogens is 218 g/mol. The first-order valence-electron chi connectivity index (χ1n) is 5.26. The summed E-state index contributed by atoms with van der Waals surface area (Å²) in [7, 11) is 1.62. The third-order valence-electron chi connectivity index (χ3n) is 2.46. The highest BCUT2D eigenvalue weighted by Gasteiger charge is 2.28. The van der Waals surface area contributed by atoms with Crippen LogP contribution < -0.4 is 4.84 Å². The quantitative estimate of drug-likeness (QED) is 0.585. The Morgan fingerprint density at radius 2 is 2.12 bits per heavy atom. The highest BCUT2D eigenvalue weighted by molar-refractivity contribution is 6.16. The highest BCUT2D eigenvalue weighted by atomic mass is 16.6. The second-order valence-corrected chi connectivity index (χ2v) is 3.74. The van der Waals surface area contributed by atoms with Crippen LogP contribution in [0.4, 0.5) is 0 Å². The van der Waals surface area contributed by atoms with E-state index in [1.165, 1.54) is 5.01 Å². The summed E-state index contributed by atoms with van der Waals surface area (Å²) in [6.45, 7) is 1.75. The Balaban J connectivity index is 2.03. The summed E-state index contributed by atoms with van der Waals surface area (Å²) in [6.07, 6.45) is 1.56. The molecule has 2 rings (SSSR count). The summed E-state index contributed by atoms with van der Waals surface area (Å²) in [5, 5.41) is 9.13. The van der Waals surface area contributed by atoms with Crippen LogP contribution in [-0.4, -0.2) is 29.9 Å². The fourth-order valence-electron chi connectivity index (χ4n) is 1.44. The van der Waals surface area contributed by atoms with Crippen molar-refractivity contribution in [3.05, 3.63) is 30.3 Å². The molecule has 5 heteroatoms. The summed E-state index contributed by atoms with van der Waals surface area (Å²) >= 11 is 0. The van der Waals surface area contributed by atoms with Gasteiger partial charge in [-0.2, -0.15) is 5.10 Å². The zero-order valence-corrected chi connectivity index (χ0v) is 9.70. The molecule has 1 heterocycles. The maximum atomic E-state index is 11.6. The van der Waals surface area contributed by atoms with Crippen LogP contribution in [0, 0.1) is 5.92 Å². The van der Waals surface area contributed by atoms with Crippen molar-refractivity contribution in [2.75, 3.05) is 7.05 Å². The number of rotatable bonds is 3. The zero-order valence-electron chi connectivity index (χ0n) is 9.70. The minimum Gasteiger partial charge on any atom is -0.357 e. The number of nitrogens with zero attached hydrogens (tertiary/aromatic N) is 3. The highest BCUT2D eigenvalue weighted by Crippen LogP contribution is 2.12. The Labute approximate surface area is 99.4 Å². The fourth-order valence-corrected chi connectivity index (χ4v) is 1.44. The van der Waals surface area contributed by atoms with Gasteiger partial charge in [-0.05, 0) is 19.1 Å².